The van der Waals surface area contributed by atoms with Crippen LogP contribution in [0.15, 0.2) is 80.4 Å². The van der Waals surface area contributed by atoms with Gasteiger partial charge in [-0.15, -0.1) is 0 Å². The van der Waals surface area contributed by atoms with Crippen molar-refractivity contribution >= 4 is 61.7 Å². The average Bonchev–Trinajstić information content (AvgIpc) is 2.86. The first-order chi connectivity index (χ1) is 16.7. The van der Waals surface area contributed by atoms with Gasteiger partial charge in [-0.3, -0.25) is 19.7 Å². The molecule has 3 aromatic carbocycles. The van der Waals surface area contributed by atoms with E-state index in [-0.39, 0.29) is 26.1 Å². The molecule has 0 saturated carbocycles. The number of hydrogen-bond acceptors (Lipinski definition) is 7. The third-order valence-corrected chi connectivity index (χ3v) is 5.95. The fraction of sp³-hybridized carbons (Fsp3) is 0. The van der Waals surface area contributed by atoms with Crippen molar-refractivity contribution in [3.05, 3.63) is 102 Å². The van der Waals surface area contributed by atoms with E-state index in [0.717, 1.165) is 0 Å². The van der Waals surface area contributed by atoms with Crippen molar-refractivity contribution in [3.63, 3.8) is 0 Å². The maximum absolute atomic E-state index is 12.8. The third kappa shape index (κ3) is 6.52. The van der Waals surface area contributed by atoms with Gasteiger partial charge in [0, 0.05) is 23.3 Å². The number of aromatic hydroxyl groups is 2. The molecule has 0 bridgehead atoms. The molecule has 0 aliphatic heterocycles. The van der Waals surface area contributed by atoms with Crippen LogP contribution in [0.5, 0.6) is 11.5 Å². The topological polar surface area (TPSA) is 154 Å². The summed E-state index contributed by atoms with van der Waals surface area (Å²) in [6, 6.07) is 15.1. The molecule has 12 heteroatoms. The molecule has 0 unspecified atom stereocenters. The number of nitro benzene ring substituents is 1. The van der Waals surface area contributed by atoms with E-state index in [9.17, 15) is 29.9 Å². The van der Waals surface area contributed by atoms with Crippen LogP contribution in [-0.2, 0) is 4.79 Å². The Morgan fingerprint density at radius 2 is 1.66 bits per heavy atom. The molecule has 3 aromatic rings. The van der Waals surface area contributed by atoms with Crippen molar-refractivity contribution < 1.29 is 24.7 Å². The Morgan fingerprint density at radius 3 is 2.29 bits per heavy atom. The maximum atomic E-state index is 12.8. The average molecular weight is 604 g/mol. The van der Waals surface area contributed by atoms with Crippen LogP contribution >= 0.6 is 31.9 Å². The number of benzene rings is 3. The molecule has 3 rings (SSSR count). The number of nitrogens with one attached hydrogen (secondary N) is 2. The zero-order valence-electron chi connectivity index (χ0n) is 17.6. The summed E-state index contributed by atoms with van der Waals surface area (Å²) in [6.45, 7) is 0. The predicted octanol–water partition coefficient (Wildman–Crippen LogP) is 4.45. The van der Waals surface area contributed by atoms with Crippen molar-refractivity contribution in [1.29, 1.82) is 0 Å². The van der Waals surface area contributed by atoms with Gasteiger partial charge in [0.05, 0.1) is 20.1 Å². The molecule has 0 aliphatic rings. The molecule has 2 amide bonds. The number of phenolic OH excluding ortho intramolecular Hbond substituents is 2. The Kier molecular flexibility index (Phi) is 8.34. The Labute approximate surface area is 215 Å². The number of rotatable bonds is 7. The minimum atomic E-state index is -0.776. The van der Waals surface area contributed by atoms with E-state index in [1.165, 1.54) is 42.6 Å². The molecule has 0 fully saturated rings. The van der Waals surface area contributed by atoms with E-state index in [1.807, 2.05) is 0 Å². The van der Waals surface area contributed by atoms with E-state index < -0.39 is 22.5 Å². The second-order valence-corrected chi connectivity index (χ2v) is 8.53. The molecule has 0 radical (unpaired) electrons. The Balaban J connectivity index is 1.86. The summed E-state index contributed by atoms with van der Waals surface area (Å²) >= 11 is 6.23. The Hall–Kier alpha value is -4.03. The number of amides is 2. The van der Waals surface area contributed by atoms with Crippen LogP contribution < -0.4 is 10.7 Å². The molecule has 4 N–H and O–H groups in total. The van der Waals surface area contributed by atoms with E-state index in [1.54, 1.807) is 30.3 Å². The Bertz CT molecular complexity index is 1340. The van der Waals surface area contributed by atoms with Gasteiger partial charge >= 0.3 is 0 Å². The lowest BCUT2D eigenvalue weighted by Gasteiger charge is -2.09. The van der Waals surface area contributed by atoms with Crippen LogP contribution in [0.4, 0.5) is 5.69 Å². The minimum Gasteiger partial charge on any atom is -0.503 e. The number of halogens is 2. The SMILES string of the molecule is O=C(N/N=C/c1cc(Br)c(O)c(O)c1Br)C(=Cc1ccc([N+](=O)[O-])cc1)NC(=O)c1ccccc1. The summed E-state index contributed by atoms with van der Waals surface area (Å²) in [5.41, 5.74) is 3.06. The highest BCUT2D eigenvalue weighted by Crippen LogP contribution is 2.40. The number of non-ortho nitro benzene ring substituents is 1. The van der Waals surface area contributed by atoms with Gasteiger partial charge in [0.1, 0.15) is 5.70 Å². The molecule has 0 heterocycles. The van der Waals surface area contributed by atoms with E-state index in [0.29, 0.717) is 16.7 Å². The van der Waals surface area contributed by atoms with Gasteiger partial charge in [0.2, 0.25) is 0 Å². The molecule has 0 aliphatic carbocycles. The maximum Gasteiger partial charge on any atom is 0.287 e. The summed E-state index contributed by atoms with van der Waals surface area (Å²) in [4.78, 5) is 35.8. The van der Waals surface area contributed by atoms with Crippen LogP contribution in [0.2, 0.25) is 0 Å². The highest BCUT2D eigenvalue weighted by Gasteiger charge is 2.16. The van der Waals surface area contributed by atoms with Crippen molar-refractivity contribution in [2.45, 2.75) is 0 Å². The van der Waals surface area contributed by atoms with Gasteiger partial charge in [0.15, 0.2) is 11.5 Å². The summed E-state index contributed by atoms with van der Waals surface area (Å²) in [6.07, 6.45) is 2.56. The fourth-order valence-electron chi connectivity index (χ4n) is 2.74. The summed E-state index contributed by atoms with van der Waals surface area (Å²) in [7, 11) is 0. The number of carbonyl (C=O) groups is 2. The largest absolute Gasteiger partial charge is 0.503 e. The lowest BCUT2D eigenvalue weighted by atomic mass is 10.1. The van der Waals surface area contributed by atoms with Gasteiger partial charge < -0.3 is 15.5 Å². The molecule has 178 valence electrons. The molecule has 0 saturated heterocycles. The molecular weight excluding hydrogens is 588 g/mol. The summed E-state index contributed by atoms with van der Waals surface area (Å²) < 4.78 is 0.357. The monoisotopic (exact) mass is 602 g/mol. The van der Waals surface area contributed by atoms with E-state index >= 15 is 0 Å². The first kappa shape index (κ1) is 25.6. The number of phenols is 2. The normalized spacial score (nSPS) is 11.3. The minimum absolute atomic E-state index is 0.125. The molecule has 10 nitrogen and oxygen atoms in total. The number of nitrogens with zero attached hydrogens (tertiary/aromatic N) is 2. The van der Waals surface area contributed by atoms with Crippen LogP contribution in [0.3, 0.4) is 0 Å². The van der Waals surface area contributed by atoms with Crippen LogP contribution in [0.1, 0.15) is 21.5 Å². The highest BCUT2D eigenvalue weighted by atomic mass is 79.9. The van der Waals surface area contributed by atoms with Crippen LogP contribution in [-0.4, -0.2) is 33.2 Å². The zero-order valence-corrected chi connectivity index (χ0v) is 20.8. The third-order valence-electron chi connectivity index (χ3n) is 4.51. The first-order valence-electron chi connectivity index (χ1n) is 9.73. The van der Waals surface area contributed by atoms with E-state index in [2.05, 4.69) is 47.7 Å². The second kappa shape index (κ2) is 11.4. The standard InChI is InChI=1S/C23H16Br2N4O6/c24-17-11-15(19(25)21(31)20(17)30)12-26-28-23(33)18(27-22(32)14-4-2-1-3-5-14)10-13-6-8-16(9-7-13)29(34)35/h1-12,30-31H,(H,27,32)(H,28,33)/b18-10?,26-12+. The zero-order chi connectivity index (χ0) is 25.5. The first-order valence-corrected chi connectivity index (χ1v) is 11.3. The number of hydrogen-bond donors (Lipinski definition) is 4. The summed E-state index contributed by atoms with van der Waals surface area (Å²) in [5.74, 6) is -2.11. The molecule has 0 spiro atoms. The Morgan fingerprint density at radius 1 is 1.00 bits per heavy atom. The van der Waals surface area contributed by atoms with E-state index in [4.69, 9.17) is 0 Å². The van der Waals surface area contributed by atoms with Crippen molar-refractivity contribution in [2.24, 2.45) is 5.10 Å². The van der Waals surface area contributed by atoms with Gasteiger partial charge in [-0.2, -0.15) is 5.10 Å². The van der Waals surface area contributed by atoms with Crippen molar-refractivity contribution in [3.8, 4) is 11.5 Å². The van der Waals surface area contributed by atoms with Gasteiger partial charge in [0.25, 0.3) is 17.5 Å². The van der Waals surface area contributed by atoms with Crippen LogP contribution in [0.25, 0.3) is 6.08 Å². The fourth-order valence-corrected chi connectivity index (χ4v) is 3.58. The predicted molar refractivity (Wildman–Crippen MR) is 136 cm³/mol. The second-order valence-electron chi connectivity index (χ2n) is 6.88. The highest BCUT2D eigenvalue weighted by molar-refractivity contribution is 9.11. The van der Waals surface area contributed by atoms with Crippen molar-refractivity contribution in [1.82, 2.24) is 10.7 Å². The lowest BCUT2D eigenvalue weighted by molar-refractivity contribution is -0.384. The van der Waals surface area contributed by atoms with Gasteiger partial charge in [-0.1, -0.05) is 18.2 Å². The lowest BCUT2D eigenvalue weighted by Crippen LogP contribution is -2.32. The molecular formula is C23H16Br2N4O6. The number of nitro groups is 1. The molecule has 0 aromatic heterocycles. The number of hydrazone groups is 1. The van der Waals surface area contributed by atoms with Crippen LogP contribution in [0, 0.1) is 10.1 Å². The summed E-state index contributed by atoms with van der Waals surface area (Å²) in [5, 5.41) is 36.9. The number of carbonyl (C=O) groups excluding carboxylic acids is 2. The molecule has 0 atom stereocenters. The van der Waals surface area contributed by atoms with Gasteiger partial charge in [-0.25, -0.2) is 5.43 Å². The smallest absolute Gasteiger partial charge is 0.287 e. The molecule has 35 heavy (non-hydrogen) atoms. The van der Waals surface area contributed by atoms with Gasteiger partial charge in [-0.05, 0) is 73.8 Å². The van der Waals surface area contributed by atoms with Crippen molar-refractivity contribution in [2.75, 3.05) is 0 Å². The quantitative estimate of drug-likeness (QED) is 0.103.